The first-order valence-corrected chi connectivity index (χ1v) is 6.20. The van der Waals surface area contributed by atoms with Crippen molar-refractivity contribution in [2.75, 3.05) is 32.7 Å². The van der Waals surface area contributed by atoms with Crippen LogP contribution in [0.3, 0.4) is 0 Å². The fourth-order valence-electron chi connectivity index (χ4n) is 1.48. The summed E-state index contributed by atoms with van der Waals surface area (Å²) in [6.45, 7) is 3.06. The van der Waals surface area contributed by atoms with Crippen LogP contribution in [-0.2, 0) is 9.53 Å². The molecule has 1 rings (SSSR count). The number of hydrogen-bond acceptors (Lipinski definition) is 5. The molecule has 1 aromatic heterocycles. The second-order valence-electron chi connectivity index (χ2n) is 4.09. The maximum Gasteiger partial charge on any atom is 0.242 e. The molecule has 0 aliphatic carbocycles. The maximum absolute atomic E-state index is 11.8. The Balaban J connectivity index is 2.35. The van der Waals surface area contributed by atoms with Crippen LogP contribution in [0.4, 0.5) is 5.69 Å². The van der Waals surface area contributed by atoms with Crippen molar-refractivity contribution in [3.63, 3.8) is 0 Å². The summed E-state index contributed by atoms with van der Waals surface area (Å²) in [5.41, 5.74) is 0.778. The topological polar surface area (TPSA) is 72.5 Å². The average Bonchev–Trinajstić information content (AvgIpc) is 2.44. The molecule has 106 valence electrons. The lowest BCUT2D eigenvalue weighted by Gasteiger charge is -2.15. The molecular formula is C13H21N3O3. The van der Waals surface area contributed by atoms with Crippen molar-refractivity contribution in [3.8, 4) is 5.88 Å². The number of pyridine rings is 1. The first-order valence-electron chi connectivity index (χ1n) is 6.20. The Morgan fingerprint density at radius 3 is 2.79 bits per heavy atom. The van der Waals surface area contributed by atoms with Crippen LogP contribution in [0.1, 0.15) is 13.3 Å². The van der Waals surface area contributed by atoms with E-state index in [4.69, 9.17) is 9.47 Å². The summed E-state index contributed by atoms with van der Waals surface area (Å²) in [7, 11) is 3.20. The SMILES string of the molecule is COCCCNC(=O)C(C)Nc1ccc(OC)nc1. The number of aromatic nitrogens is 1. The predicted molar refractivity (Wildman–Crippen MR) is 73.4 cm³/mol. The number of methoxy groups -OCH3 is 2. The van der Waals surface area contributed by atoms with Crippen LogP contribution < -0.4 is 15.4 Å². The molecule has 1 aromatic rings. The van der Waals surface area contributed by atoms with Gasteiger partial charge in [-0.3, -0.25) is 4.79 Å². The third-order valence-electron chi connectivity index (χ3n) is 2.55. The van der Waals surface area contributed by atoms with Gasteiger partial charge >= 0.3 is 0 Å². The summed E-state index contributed by atoms with van der Waals surface area (Å²) in [5.74, 6) is 0.495. The number of rotatable bonds is 8. The number of anilines is 1. The molecule has 0 spiro atoms. The highest BCUT2D eigenvalue weighted by atomic mass is 16.5. The Morgan fingerprint density at radius 2 is 2.21 bits per heavy atom. The number of hydrogen-bond donors (Lipinski definition) is 2. The number of ether oxygens (including phenoxy) is 2. The lowest BCUT2D eigenvalue weighted by Crippen LogP contribution is -2.38. The quantitative estimate of drug-likeness (QED) is 0.689. The average molecular weight is 267 g/mol. The summed E-state index contributed by atoms with van der Waals surface area (Å²) in [5, 5.41) is 5.91. The first kappa shape index (κ1) is 15.2. The molecular weight excluding hydrogens is 246 g/mol. The summed E-state index contributed by atoms with van der Waals surface area (Å²) < 4.78 is 9.88. The van der Waals surface area contributed by atoms with Crippen LogP contribution in [0.25, 0.3) is 0 Å². The normalized spacial score (nSPS) is 11.7. The standard InChI is InChI=1S/C13H21N3O3/c1-10(13(17)14-7-4-8-18-2)16-11-5-6-12(19-3)15-9-11/h5-6,9-10,16H,4,7-8H2,1-3H3,(H,14,17). The van der Waals surface area contributed by atoms with Crippen LogP contribution >= 0.6 is 0 Å². The number of amides is 1. The van der Waals surface area contributed by atoms with Crippen molar-refractivity contribution in [1.29, 1.82) is 0 Å². The molecule has 0 saturated heterocycles. The lowest BCUT2D eigenvalue weighted by atomic mass is 10.3. The first-order chi connectivity index (χ1) is 9.17. The fraction of sp³-hybridized carbons (Fsp3) is 0.538. The highest BCUT2D eigenvalue weighted by Gasteiger charge is 2.11. The monoisotopic (exact) mass is 267 g/mol. The van der Waals surface area contributed by atoms with Gasteiger partial charge in [0.25, 0.3) is 0 Å². The molecule has 6 heteroatoms. The predicted octanol–water partition coefficient (Wildman–Crippen LogP) is 1.04. The van der Waals surface area contributed by atoms with Crippen molar-refractivity contribution in [2.45, 2.75) is 19.4 Å². The molecule has 0 bridgehead atoms. The smallest absolute Gasteiger partial charge is 0.242 e. The molecule has 2 N–H and O–H groups in total. The van der Waals surface area contributed by atoms with E-state index in [-0.39, 0.29) is 11.9 Å². The van der Waals surface area contributed by atoms with E-state index in [0.29, 0.717) is 19.0 Å². The van der Waals surface area contributed by atoms with Gasteiger partial charge in [0.15, 0.2) is 0 Å². The van der Waals surface area contributed by atoms with Gasteiger partial charge in [-0.05, 0) is 19.4 Å². The van der Waals surface area contributed by atoms with Crippen LogP contribution in [0.2, 0.25) is 0 Å². The van der Waals surface area contributed by atoms with E-state index >= 15 is 0 Å². The Labute approximate surface area is 113 Å². The number of carbonyl (C=O) groups excluding carboxylic acids is 1. The third-order valence-corrected chi connectivity index (χ3v) is 2.55. The number of nitrogens with one attached hydrogen (secondary N) is 2. The zero-order valence-corrected chi connectivity index (χ0v) is 11.6. The van der Waals surface area contributed by atoms with Crippen LogP contribution in [0.5, 0.6) is 5.88 Å². The highest BCUT2D eigenvalue weighted by Crippen LogP contribution is 2.11. The third kappa shape index (κ3) is 5.56. The van der Waals surface area contributed by atoms with Gasteiger partial charge in [0.2, 0.25) is 11.8 Å². The molecule has 0 aliphatic rings. The minimum absolute atomic E-state index is 0.0491. The largest absolute Gasteiger partial charge is 0.481 e. The molecule has 0 aromatic carbocycles. The van der Waals surface area contributed by atoms with E-state index in [0.717, 1.165) is 12.1 Å². The van der Waals surface area contributed by atoms with Crippen molar-refractivity contribution in [3.05, 3.63) is 18.3 Å². The van der Waals surface area contributed by atoms with Crippen molar-refractivity contribution in [1.82, 2.24) is 10.3 Å². The van der Waals surface area contributed by atoms with E-state index in [9.17, 15) is 4.79 Å². The van der Waals surface area contributed by atoms with E-state index in [2.05, 4.69) is 15.6 Å². The van der Waals surface area contributed by atoms with Gasteiger partial charge in [-0.25, -0.2) is 4.98 Å². The Hall–Kier alpha value is -1.82. The molecule has 1 amide bonds. The van der Waals surface area contributed by atoms with Crippen molar-refractivity contribution < 1.29 is 14.3 Å². The van der Waals surface area contributed by atoms with Gasteiger partial charge in [0.1, 0.15) is 6.04 Å². The minimum Gasteiger partial charge on any atom is -0.481 e. The molecule has 6 nitrogen and oxygen atoms in total. The van der Waals surface area contributed by atoms with E-state index < -0.39 is 0 Å². The second kappa shape index (κ2) is 8.31. The molecule has 0 aliphatic heterocycles. The van der Waals surface area contributed by atoms with Crippen molar-refractivity contribution in [2.24, 2.45) is 0 Å². The molecule has 1 unspecified atom stereocenters. The number of carbonyl (C=O) groups is 1. The Bertz CT molecular complexity index is 381. The van der Waals surface area contributed by atoms with Gasteiger partial charge in [-0.1, -0.05) is 0 Å². The zero-order valence-electron chi connectivity index (χ0n) is 11.6. The summed E-state index contributed by atoms with van der Waals surface area (Å²) in [6.07, 6.45) is 2.44. The van der Waals surface area contributed by atoms with Gasteiger partial charge in [-0.15, -0.1) is 0 Å². The minimum atomic E-state index is -0.322. The fourth-order valence-corrected chi connectivity index (χ4v) is 1.48. The van der Waals surface area contributed by atoms with Gasteiger partial charge in [0.05, 0.1) is 19.0 Å². The Kier molecular flexibility index (Phi) is 6.67. The molecule has 1 atom stereocenters. The zero-order chi connectivity index (χ0) is 14.1. The summed E-state index contributed by atoms with van der Waals surface area (Å²) in [6, 6.07) is 3.24. The molecule has 0 fully saturated rings. The van der Waals surface area contributed by atoms with Crippen LogP contribution in [0.15, 0.2) is 18.3 Å². The highest BCUT2D eigenvalue weighted by molar-refractivity contribution is 5.84. The van der Waals surface area contributed by atoms with Gasteiger partial charge < -0.3 is 20.1 Å². The van der Waals surface area contributed by atoms with Gasteiger partial charge in [0, 0.05) is 26.3 Å². The molecule has 0 saturated carbocycles. The van der Waals surface area contributed by atoms with Crippen LogP contribution in [0, 0.1) is 0 Å². The molecule has 1 heterocycles. The number of nitrogens with zero attached hydrogens (tertiary/aromatic N) is 1. The van der Waals surface area contributed by atoms with Crippen molar-refractivity contribution >= 4 is 11.6 Å². The summed E-state index contributed by atoms with van der Waals surface area (Å²) in [4.78, 5) is 15.8. The molecule has 19 heavy (non-hydrogen) atoms. The maximum atomic E-state index is 11.8. The lowest BCUT2D eigenvalue weighted by molar-refractivity contribution is -0.121. The summed E-state index contributed by atoms with van der Waals surface area (Å²) >= 11 is 0. The Morgan fingerprint density at radius 1 is 1.42 bits per heavy atom. The second-order valence-corrected chi connectivity index (χ2v) is 4.09. The van der Waals surface area contributed by atoms with E-state index in [1.165, 1.54) is 0 Å². The van der Waals surface area contributed by atoms with Crippen LogP contribution in [-0.4, -0.2) is 44.3 Å². The van der Waals surface area contributed by atoms with E-state index in [1.807, 2.05) is 6.07 Å². The van der Waals surface area contributed by atoms with Gasteiger partial charge in [-0.2, -0.15) is 0 Å². The molecule has 0 radical (unpaired) electrons. The van der Waals surface area contributed by atoms with E-state index in [1.54, 1.807) is 33.4 Å².